The molecule has 1 N–H and O–H groups in total. The lowest BCUT2D eigenvalue weighted by molar-refractivity contribution is -0.142. The Labute approximate surface area is 91.0 Å². The molecule has 2 aliphatic rings. The molecule has 0 aromatic rings. The van der Waals surface area contributed by atoms with E-state index in [0.29, 0.717) is 12.6 Å². The van der Waals surface area contributed by atoms with E-state index in [4.69, 9.17) is 4.74 Å². The summed E-state index contributed by atoms with van der Waals surface area (Å²) >= 11 is 0. The molecule has 4 heteroatoms. The summed E-state index contributed by atoms with van der Waals surface area (Å²) in [6.45, 7) is 5.93. The van der Waals surface area contributed by atoms with Crippen LogP contribution in [-0.4, -0.2) is 50.2 Å². The molecule has 2 fully saturated rings. The van der Waals surface area contributed by atoms with Crippen LogP contribution < -0.4 is 5.32 Å². The Hall–Kier alpha value is -0.610. The van der Waals surface area contributed by atoms with Crippen molar-refractivity contribution < 1.29 is 9.53 Å². The van der Waals surface area contributed by atoms with E-state index in [0.717, 1.165) is 37.9 Å². The Morgan fingerprint density at radius 3 is 3.00 bits per heavy atom. The number of fused-ring (bicyclic) bond motifs is 1. The number of ether oxygens (including phenoxy) is 1. The van der Waals surface area contributed by atoms with E-state index in [-0.39, 0.29) is 5.97 Å². The molecule has 0 aromatic carbocycles. The fourth-order valence-corrected chi connectivity index (χ4v) is 3.08. The van der Waals surface area contributed by atoms with Crippen LogP contribution in [0.25, 0.3) is 0 Å². The molecule has 0 saturated carbocycles. The summed E-state index contributed by atoms with van der Waals surface area (Å²) in [6, 6.07) is 0.559. The standard InChI is InChI=1S/C11H20N2O2/c1-3-10-9-5-12-4-8(9)6-13(10)7-11(14)15-2/h8-10,12H,3-7H2,1-2H3. The summed E-state index contributed by atoms with van der Waals surface area (Å²) in [5.74, 6) is 1.36. The van der Waals surface area contributed by atoms with Gasteiger partial charge in [-0.1, -0.05) is 6.92 Å². The highest BCUT2D eigenvalue weighted by Gasteiger charge is 2.43. The maximum atomic E-state index is 11.3. The zero-order valence-corrected chi connectivity index (χ0v) is 9.53. The van der Waals surface area contributed by atoms with E-state index in [9.17, 15) is 4.79 Å². The highest BCUT2D eigenvalue weighted by molar-refractivity contribution is 5.71. The molecule has 2 heterocycles. The zero-order valence-electron chi connectivity index (χ0n) is 9.53. The third-order valence-electron chi connectivity index (χ3n) is 3.80. The van der Waals surface area contributed by atoms with Crippen LogP contribution >= 0.6 is 0 Å². The third kappa shape index (κ3) is 2.01. The van der Waals surface area contributed by atoms with Gasteiger partial charge in [0.2, 0.25) is 0 Å². The van der Waals surface area contributed by atoms with Crippen molar-refractivity contribution in [3.63, 3.8) is 0 Å². The second-order valence-corrected chi connectivity index (χ2v) is 4.56. The number of carbonyl (C=O) groups is 1. The molecule has 0 spiro atoms. The first-order valence-electron chi connectivity index (χ1n) is 5.77. The van der Waals surface area contributed by atoms with E-state index in [1.54, 1.807) is 0 Å². The first-order valence-corrected chi connectivity index (χ1v) is 5.77. The molecule has 4 nitrogen and oxygen atoms in total. The van der Waals surface area contributed by atoms with Crippen molar-refractivity contribution in [3.05, 3.63) is 0 Å². The van der Waals surface area contributed by atoms with Gasteiger partial charge in [-0.05, 0) is 31.3 Å². The van der Waals surface area contributed by atoms with E-state index in [1.165, 1.54) is 7.11 Å². The highest BCUT2D eigenvalue weighted by Crippen LogP contribution is 2.33. The summed E-state index contributed by atoms with van der Waals surface area (Å²) in [5, 5.41) is 3.43. The van der Waals surface area contributed by atoms with Gasteiger partial charge in [0.25, 0.3) is 0 Å². The number of nitrogens with zero attached hydrogens (tertiary/aromatic N) is 1. The lowest BCUT2D eigenvalue weighted by Crippen LogP contribution is -2.38. The highest BCUT2D eigenvalue weighted by atomic mass is 16.5. The maximum absolute atomic E-state index is 11.3. The SMILES string of the molecule is CCC1C2CNCC2CN1CC(=O)OC. The molecular weight excluding hydrogens is 192 g/mol. The number of hydrogen-bond acceptors (Lipinski definition) is 4. The molecule has 3 atom stereocenters. The Morgan fingerprint density at radius 1 is 1.53 bits per heavy atom. The van der Waals surface area contributed by atoms with Gasteiger partial charge >= 0.3 is 5.97 Å². The van der Waals surface area contributed by atoms with Crippen molar-refractivity contribution in [2.24, 2.45) is 11.8 Å². The monoisotopic (exact) mass is 212 g/mol. The van der Waals surface area contributed by atoms with Gasteiger partial charge in [-0.3, -0.25) is 9.69 Å². The van der Waals surface area contributed by atoms with E-state index < -0.39 is 0 Å². The average Bonchev–Trinajstić information content (AvgIpc) is 2.77. The van der Waals surface area contributed by atoms with Gasteiger partial charge in [-0.15, -0.1) is 0 Å². The molecule has 15 heavy (non-hydrogen) atoms. The second kappa shape index (κ2) is 4.49. The molecule has 2 rings (SSSR count). The Morgan fingerprint density at radius 2 is 2.33 bits per heavy atom. The van der Waals surface area contributed by atoms with Gasteiger partial charge in [0, 0.05) is 12.6 Å². The first-order chi connectivity index (χ1) is 7.26. The smallest absolute Gasteiger partial charge is 0.319 e. The Bertz CT molecular complexity index is 245. The molecule has 0 aromatic heterocycles. The van der Waals surface area contributed by atoms with Crippen molar-refractivity contribution in [2.75, 3.05) is 33.3 Å². The molecule has 2 aliphatic heterocycles. The van der Waals surface area contributed by atoms with E-state index in [2.05, 4.69) is 17.1 Å². The fourth-order valence-electron chi connectivity index (χ4n) is 3.08. The molecule has 0 radical (unpaired) electrons. The Balaban J connectivity index is 1.98. The summed E-state index contributed by atoms with van der Waals surface area (Å²) in [5.41, 5.74) is 0. The summed E-state index contributed by atoms with van der Waals surface area (Å²) < 4.78 is 4.73. The van der Waals surface area contributed by atoms with Crippen molar-refractivity contribution in [1.82, 2.24) is 10.2 Å². The van der Waals surface area contributed by atoms with E-state index >= 15 is 0 Å². The zero-order chi connectivity index (χ0) is 10.8. The number of hydrogen-bond donors (Lipinski definition) is 1. The van der Waals surface area contributed by atoms with Crippen molar-refractivity contribution in [3.8, 4) is 0 Å². The minimum atomic E-state index is -0.110. The summed E-state index contributed by atoms with van der Waals surface area (Å²) in [6.07, 6.45) is 1.12. The van der Waals surface area contributed by atoms with Gasteiger partial charge in [0.1, 0.15) is 0 Å². The number of likely N-dealkylation sites (tertiary alicyclic amines) is 1. The van der Waals surface area contributed by atoms with Crippen molar-refractivity contribution >= 4 is 5.97 Å². The van der Waals surface area contributed by atoms with Gasteiger partial charge in [0.05, 0.1) is 13.7 Å². The predicted octanol–water partition coefficient (Wildman–Crippen LogP) is 0.0892. The third-order valence-corrected chi connectivity index (χ3v) is 3.80. The van der Waals surface area contributed by atoms with Crippen LogP contribution in [0.3, 0.4) is 0 Å². The minimum Gasteiger partial charge on any atom is -0.468 e. The number of rotatable bonds is 3. The first kappa shape index (κ1) is 10.9. The van der Waals surface area contributed by atoms with Crippen LogP contribution in [0.5, 0.6) is 0 Å². The largest absolute Gasteiger partial charge is 0.468 e. The lowest BCUT2D eigenvalue weighted by Gasteiger charge is -2.25. The minimum absolute atomic E-state index is 0.110. The number of methoxy groups -OCH3 is 1. The molecule has 0 bridgehead atoms. The van der Waals surface area contributed by atoms with Crippen LogP contribution in [0.2, 0.25) is 0 Å². The molecule has 86 valence electrons. The summed E-state index contributed by atoms with van der Waals surface area (Å²) in [7, 11) is 1.46. The number of esters is 1. The normalized spacial score (nSPS) is 35.5. The van der Waals surface area contributed by atoms with Gasteiger partial charge in [0.15, 0.2) is 0 Å². The Kier molecular flexibility index (Phi) is 3.26. The number of carbonyl (C=O) groups excluding carboxylic acids is 1. The van der Waals surface area contributed by atoms with E-state index in [1.807, 2.05) is 0 Å². The predicted molar refractivity (Wildman–Crippen MR) is 57.5 cm³/mol. The van der Waals surface area contributed by atoms with Crippen LogP contribution in [0.1, 0.15) is 13.3 Å². The quantitative estimate of drug-likeness (QED) is 0.673. The molecular formula is C11H20N2O2. The van der Waals surface area contributed by atoms with Crippen LogP contribution in [-0.2, 0) is 9.53 Å². The van der Waals surface area contributed by atoms with Crippen LogP contribution in [0, 0.1) is 11.8 Å². The molecule has 3 unspecified atom stereocenters. The van der Waals surface area contributed by atoms with Crippen molar-refractivity contribution in [2.45, 2.75) is 19.4 Å². The summed E-state index contributed by atoms with van der Waals surface area (Å²) in [4.78, 5) is 13.6. The van der Waals surface area contributed by atoms with Crippen molar-refractivity contribution in [1.29, 1.82) is 0 Å². The topological polar surface area (TPSA) is 41.6 Å². The lowest BCUT2D eigenvalue weighted by atomic mass is 9.93. The maximum Gasteiger partial charge on any atom is 0.319 e. The molecule has 2 saturated heterocycles. The molecule has 0 amide bonds. The molecule has 0 aliphatic carbocycles. The van der Waals surface area contributed by atoms with Gasteiger partial charge in [-0.25, -0.2) is 0 Å². The average molecular weight is 212 g/mol. The fraction of sp³-hybridized carbons (Fsp3) is 0.909. The second-order valence-electron chi connectivity index (χ2n) is 4.56. The van der Waals surface area contributed by atoms with Gasteiger partial charge < -0.3 is 10.1 Å². The van der Waals surface area contributed by atoms with Gasteiger partial charge in [-0.2, -0.15) is 0 Å². The van der Waals surface area contributed by atoms with Crippen LogP contribution in [0.15, 0.2) is 0 Å². The van der Waals surface area contributed by atoms with Crippen LogP contribution in [0.4, 0.5) is 0 Å². The number of nitrogens with one attached hydrogen (secondary N) is 1.